The van der Waals surface area contributed by atoms with Crippen LogP contribution in [0.3, 0.4) is 0 Å². The fraction of sp³-hybridized carbons (Fsp3) is 0.562. The van der Waals surface area contributed by atoms with Gasteiger partial charge in [0.15, 0.2) is 0 Å². The third-order valence-electron chi connectivity index (χ3n) is 4.17. The van der Waals surface area contributed by atoms with Crippen molar-refractivity contribution in [1.82, 2.24) is 0 Å². The van der Waals surface area contributed by atoms with Crippen LogP contribution < -0.4 is 5.32 Å². The van der Waals surface area contributed by atoms with E-state index in [9.17, 15) is 79.4 Å². The van der Waals surface area contributed by atoms with Crippen LogP contribution in [-0.4, -0.2) is 54.3 Å². The average molecular weight is 620 g/mol. The van der Waals surface area contributed by atoms with E-state index in [1.807, 2.05) is 4.74 Å². The lowest BCUT2D eigenvalue weighted by molar-refractivity contribution is -0.548. The molecule has 2 atom stereocenters. The summed E-state index contributed by atoms with van der Waals surface area (Å²) in [4.78, 5) is 11.8. The van der Waals surface area contributed by atoms with Crippen molar-refractivity contribution in [3.8, 4) is 0 Å². The van der Waals surface area contributed by atoms with E-state index in [0.29, 0.717) is 6.07 Å². The Labute approximate surface area is 202 Å². The quantitative estimate of drug-likeness (QED) is 0.308. The van der Waals surface area contributed by atoms with Crippen LogP contribution in [0.5, 0.6) is 0 Å². The molecule has 0 bridgehead atoms. The van der Waals surface area contributed by atoms with E-state index in [0.717, 1.165) is 24.4 Å². The monoisotopic (exact) mass is 619 g/mol. The third-order valence-corrected chi connectivity index (χ3v) is 4.58. The maximum Gasteiger partial charge on any atom is 0.462 e. The molecule has 0 fully saturated rings. The number of nitrogens with one attached hydrogen (secondary N) is 1. The van der Waals surface area contributed by atoms with Crippen molar-refractivity contribution in [2.45, 2.75) is 55.3 Å². The predicted octanol–water partition coefficient (Wildman–Crippen LogP) is 7.46. The zero-order valence-corrected chi connectivity index (χ0v) is 18.0. The second kappa shape index (κ2) is 9.72. The summed E-state index contributed by atoms with van der Waals surface area (Å²) in [6, 6.07) is 2.44. The Bertz CT molecular complexity index is 1040. The lowest BCUT2D eigenvalue weighted by Gasteiger charge is -2.40. The molecule has 1 N–H and O–H groups in total. The fourth-order valence-corrected chi connectivity index (χ4v) is 2.28. The summed E-state index contributed by atoms with van der Waals surface area (Å²) < 4.78 is 227. The number of ether oxygens (including phenoxy) is 2. The minimum atomic E-state index is -8.08. The molecule has 4 nitrogen and oxygen atoms in total. The van der Waals surface area contributed by atoms with Crippen LogP contribution in [0.1, 0.15) is 5.56 Å². The summed E-state index contributed by atoms with van der Waals surface area (Å²) in [6.07, 6.45) is -38.7. The molecule has 1 amide bonds. The first-order chi connectivity index (χ1) is 16.5. The number of hydrogen-bond acceptors (Lipinski definition) is 3. The van der Waals surface area contributed by atoms with Crippen LogP contribution in [-0.2, 0) is 14.3 Å². The number of alkyl halides is 17. The number of hydrogen-bond donors (Lipinski definition) is 1. The fourth-order valence-electron chi connectivity index (χ4n) is 2.11. The van der Waals surface area contributed by atoms with E-state index < -0.39 is 70.6 Å². The van der Waals surface area contributed by atoms with Gasteiger partial charge in [0, 0.05) is 10.7 Å². The summed E-state index contributed by atoms with van der Waals surface area (Å²) in [5, 5.41) is 0.469. The standard InChI is InChI=1S/C16H7ClF17NO3/c1-5-6(17)3-2-4-7(5)35-8(36)9(18,12(22,23)24)37-16(33,34)11(21,14(28,29)30)38-15(31,32)10(19,20)13(25,26)27/h2-4H,1H3,(H,35,36)/t9-,11+/m0/s1. The van der Waals surface area contributed by atoms with Crippen molar-refractivity contribution in [3.63, 3.8) is 0 Å². The van der Waals surface area contributed by atoms with Crippen molar-refractivity contribution in [2.75, 3.05) is 5.32 Å². The van der Waals surface area contributed by atoms with Crippen molar-refractivity contribution in [2.24, 2.45) is 0 Å². The van der Waals surface area contributed by atoms with Gasteiger partial charge in [0.2, 0.25) is 0 Å². The highest BCUT2D eigenvalue weighted by atomic mass is 35.5. The molecule has 0 radical (unpaired) electrons. The molecule has 0 aromatic heterocycles. The highest BCUT2D eigenvalue weighted by molar-refractivity contribution is 6.31. The summed E-state index contributed by atoms with van der Waals surface area (Å²) in [7, 11) is 0. The minimum Gasteiger partial charge on any atom is -0.320 e. The van der Waals surface area contributed by atoms with E-state index in [-0.39, 0.29) is 0 Å². The molecule has 0 aliphatic carbocycles. The van der Waals surface area contributed by atoms with Gasteiger partial charge >= 0.3 is 48.4 Å². The minimum absolute atomic E-state index is 0.397. The first-order valence-electron chi connectivity index (χ1n) is 8.67. The Kier molecular flexibility index (Phi) is 8.63. The maximum absolute atomic E-state index is 14.5. The average Bonchev–Trinajstić information content (AvgIpc) is 2.67. The summed E-state index contributed by atoms with van der Waals surface area (Å²) in [5.74, 6) is -26.3. The SMILES string of the molecule is Cc1c(Cl)cccc1NC(=O)[C@](F)(OC(F)(F)[C@](F)(OC(F)(F)C(F)(F)C(F)(F)F)C(F)(F)F)C(F)(F)F. The van der Waals surface area contributed by atoms with Gasteiger partial charge in [-0.1, -0.05) is 17.7 Å². The molecule has 0 aliphatic heterocycles. The Balaban J connectivity index is 3.67. The van der Waals surface area contributed by atoms with Gasteiger partial charge in [0.25, 0.3) is 5.91 Å². The Hall–Kier alpha value is -2.29. The maximum atomic E-state index is 14.5. The van der Waals surface area contributed by atoms with Crippen molar-refractivity contribution < 1.29 is 88.9 Å². The molecule has 1 aromatic rings. The Morgan fingerprint density at radius 2 is 1.18 bits per heavy atom. The van der Waals surface area contributed by atoms with Gasteiger partial charge in [0.1, 0.15) is 0 Å². The van der Waals surface area contributed by atoms with Crippen molar-refractivity contribution in [1.29, 1.82) is 0 Å². The number of benzene rings is 1. The lowest BCUT2D eigenvalue weighted by atomic mass is 10.1. The lowest BCUT2D eigenvalue weighted by Crippen LogP contribution is -2.68. The van der Waals surface area contributed by atoms with Gasteiger partial charge in [-0.3, -0.25) is 14.3 Å². The van der Waals surface area contributed by atoms with Gasteiger partial charge in [-0.05, 0) is 24.6 Å². The highest BCUT2D eigenvalue weighted by Crippen LogP contribution is 2.56. The largest absolute Gasteiger partial charge is 0.462 e. The van der Waals surface area contributed by atoms with Gasteiger partial charge in [0.05, 0.1) is 0 Å². The van der Waals surface area contributed by atoms with Crippen LogP contribution in [0, 0.1) is 6.92 Å². The molecule has 0 saturated heterocycles. The van der Waals surface area contributed by atoms with Crippen molar-refractivity contribution >= 4 is 23.2 Å². The van der Waals surface area contributed by atoms with Gasteiger partial charge in [-0.15, -0.1) is 0 Å². The molecule has 0 aliphatic rings. The number of halogens is 18. The first-order valence-corrected chi connectivity index (χ1v) is 9.04. The highest BCUT2D eigenvalue weighted by Gasteiger charge is 2.85. The molecule has 0 heterocycles. The number of anilines is 1. The van der Waals surface area contributed by atoms with E-state index >= 15 is 0 Å². The second-order valence-electron chi connectivity index (χ2n) is 6.86. The van der Waals surface area contributed by atoms with Crippen molar-refractivity contribution in [3.05, 3.63) is 28.8 Å². The molecule has 1 aromatic carbocycles. The zero-order chi connectivity index (χ0) is 30.6. The van der Waals surface area contributed by atoms with E-state index in [2.05, 4.69) is 0 Å². The predicted molar refractivity (Wildman–Crippen MR) is 87.7 cm³/mol. The normalized spacial score (nSPS) is 17.6. The first kappa shape index (κ1) is 33.7. The molecule has 1 rings (SSSR count). The van der Waals surface area contributed by atoms with E-state index in [1.54, 1.807) is 0 Å². The topological polar surface area (TPSA) is 47.6 Å². The van der Waals surface area contributed by atoms with Gasteiger partial charge < -0.3 is 5.32 Å². The summed E-state index contributed by atoms with van der Waals surface area (Å²) in [5.41, 5.74) is -1.40. The van der Waals surface area contributed by atoms with Crippen LogP contribution in [0.2, 0.25) is 5.02 Å². The van der Waals surface area contributed by atoms with Crippen LogP contribution in [0.25, 0.3) is 0 Å². The van der Waals surface area contributed by atoms with Gasteiger partial charge in [-0.25, -0.2) is 0 Å². The zero-order valence-electron chi connectivity index (χ0n) is 17.3. The summed E-state index contributed by atoms with van der Waals surface area (Å²) >= 11 is 5.53. The molecule has 0 spiro atoms. The number of rotatable bonds is 8. The van der Waals surface area contributed by atoms with Gasteiger partial charge in [-0.2, -0.15) is 74.6 Å². The number of amides is 1. The van der Waals surface area contributed by atoms with Crippen LogP contribution >= 0.6 is 11.6 Å². The molecule has 220 valence electrons. The third kappa shape index (κ3) is 5.82. The molecule has 38 heavy (non-hydrogen) atoms. The smallest absolute Gasteiger partial charge is 0.320 e. The Morgan fingerprint density at radius 1 is 0.711 bits per heavy atom. The summed E-state index contributed by atoms with van der Waals surface area (Å²) in [6.45, 7) is 0.897. The molecular formula is C16H7ClF17NO3. The van der Waals surface area contributed by atoms with E-state index in [1.165, 1.54) is 4.74 Å². The molecule has 22 heteroatoms. The van der Waals surface area contributed by atoms with E-state index in [4.69, 9.17) is 11.6 Å². The molecule has 0 unspecified atom stereocenters. The Morgan fingerprint density at radius 3 is 1.58 bits per heavy atom. The van der Waals surface area contributed by atoms with Crippen LogP contribution in [0.15, 0.2) is 18.2 Å². The molecule has 0 saturated carbocycles. The van der Waals surface area contributed by atoms with Crippen LogP contribution in [0.4, 0.5) is 80.3 Å². The number of carbonyl (C=O) groups excluding carboxylic acids is 1. The molecular weight excluding hydrogens is 613 g/mol. The second-order valence-corrected chi connectivity index (χ2v) is 7.27. The number of carbonyl (C=O) groups is 1.